The van der Waals surface area contributed by atoms with Gasteiger partial charge in [-0.1, -0.05) is 6.07 Å². The van der Waals surface area contributed by atoms with Crippen molar-refractivity contribution in [3.8, 4) is 11.1 Å². The number of halogens is 2. The zero-order valence-corrected chi connectivity index (χ0v) is 13.8. The maximum Gasteiger partial charge on any atom is 0.322 e. The number of fused-ring (bicyclic) bond motifs is 1. The molecule has 0 bridgehead atoms. The number of nitrogens with one attached hydrogen (secondary N) is 2. The first-order valence-electron chi connectivity index (χ1n) is 8.22. The van der Waals surface area contributed by atoms with Crippen LogP contribution in [0.25, 0.3) is 11.1 Å². The van der Waals surface area contributed by atoms with Crippen molar-refractivity contribution in [2.75, 3.05) is 11.4 Å². The normalized spacial score (nSPS) is 12.9. The molecule has 0 saturated carbocycles. The van der Waals surface area contributed by atoms with Gasteiger partial charge in [0.05, 0.1) is 6.20 Å². The molecule has 4 rings (SSSR count). The molecule has 132 valence electrons. The van der Waals surface area contributed by atoms with Crippen molar-refractivity contribution in [1.29, 1.82) is 0 Å². The van der Waals surface area contributed by atoms with Crippen molar-refractivity contribution >= 4 is 11.7 Å². The van der Waals surface area contributed by atoms with Gasteiger partial charge < -0.3 is 5.32 Å². The summed E-state index contributed by atoms with van der Waals surface area (Å²) in [5.41, 5.74) is 4.33. The van der Waals surface area contributed by atoms with Crippen LogP contribution in [0.4, 0.5) is 19.3 Å². The topological polar surface area (TPSA) is 61.0 Å². The fourth-order valence-electron chi connectivity index (χ4n) is 3.19. The number of hydrogen-bond acceptors (Lipinski definition) is 2. The minimum absolute atomic E-state index is 0.0620. The number of rotatable bonds is 3. The lowest BCUT2D eigenvalue weighted by Gasteiger charge is -2.18. The van der Waals surface area contributed by atoms with Crippen LogP contribution in [0.15, 0.2) is 48.8 Å². The Kier molecular flexibility index (Phi) is 4.12. The highest BCUT2D eigenvalue weighted by Gasteiger charge is 2.24. The highest BCUT2D eigenvalue weighted by molar-refractivity contribution is 5.94. The van der Waals surface area contributed by atoms with Gasteiger partial charge in [-0.15, -0.1) is 0 Å². The van der Waals surface area contributed by atoms with Gasteiger partial charge in [-0.2, -0.15) is 5.10 Å². The summed E-state index contributed by atoms with van der Waals surface area (Å²) in [6, 6.07) is 8.83. The number of urea groups is 1. The van der Waals surface area contributed by atoms with E-state index in [1.54, 1.807) is 11.1 Å². The Morgan fingerprint density at radius 2 is 1.96 bits per heavy atom. The average Bonchev–Trinajstić information content (AvgIpc) is 3.28. The minimum Gasteiger partial charge on any atom is -0.334 e. The van der Waals surface area contributed by atoms with Crippen molar-refractivity contribution in [3.05, 3.63) is 71.6 Å². The van der Waals surface area contributed by atoms with Gasteiger partial charge in [0.25, 0.3) is 0 Å². The molecule has 0 fully saturated rings. The summed E-state index contributed by atoms with van der Waals surface area (Å²) in [5.74, 6) is -1.32. The fraction of sp³-hybridized carbons (Fsp3) is 0.158. The first-order chi connectivity index (χ1) is 12.6. The number of aromatic amines is 1. The van der Waals surface area contributed by atoms with Crippen LogP contribution < -0.4 is 10.2 Å². The van der Waals surface area contributed by atoms with E-state index in [0.29, 0.717) is 12.1 Å². The molecule has 0 unspecified atom stereocenters. The molecule has 3 aromatic rings. The number of benzene rings is 2. The second-order valence-electron chi connectivity index (χ2n) is 6.17. The van der Waals surface area contributed by atoms with E-state index in [1.165, 1.54) is 12.1 Å². The molecule has 0 saturated heterocycles. The van der Waals surface area contributed by atoms with Crippen LogP contribution in [0.1, 0.15) is 11.1 Å². The van der Waals surface area contributed by atoms with E-state index in [4.69, 9.17) is 0 Å². The number of anilines is 1. The van der Waals surface area contributed by atoms with Gasteiger partial charge in [0.1, 0.15) is 11.6 Å². The number of carbonyl (C=O) groups is 1. The van der Waals surface area contributed by atoms with E-state index < -0.39 is 11.6 Å². The maximum atomic E-state index is 13.2. The standard InChI is InChI=1S/C19H16F2N4O/c20-16-5-12(6-17(21)8-16)9-22-19(26)25-4-3-14-7-13(1-2-18(14)25)15-10-23-24-11-15/h1-2,5-8,10-11H,3-4,9H2,(H,22,26)(H,23,24). The quantitative estimate of drug-likeness (QED) is 0.755. The van der Waals surface area contributed by atoms with Crippen LogP contribution in [0.3, 0.4) is 0 Å². The third-order valence-electron chi connectivity index (χ3n) is 4.42. The summed E-state index contributed by atoms with van der Waals surface area (Å²) in [6.07, 6.45) is 4.32. The Morgan fingerprint density at radius 3 is 2.69 bits per heavy atom. The molecular formula is C19H16F2N4O. The maximum absolute atomic E-state index is 13.2. The van der Waals surface area contributed by atoms with E-state index in [0.717, 1.165) is 34.9 Å². The fourth-order valence-corrected chi connectivity index (χ4v) is 3.19. The van der Waals surface area contributed by atoms with Crippen molar-refractivity contribution in [2.45, 2.75) is 13.0 Å². The molecule has 0 radical (unpaired) electrons. The molecule has 2 aromatic carbocycles. The number of H-pyrrole nitrogens is 1. The molecule has 0 atom stereocenters. The van der Waals surface area contributed by atoms with Crippen LogP contribution in [0, 0.1) is 11.6 Å². The van der Waals surface area contributed by atoms with E-state index in [-0.39, 0.29) is 12.6 Å². The molecule has 26 heavy (non-hydrogen) atoms. The molecule has 7 heteroatoms. The van der Waals surface area contributed by atoms with Crippen molar-refractivity contribution in [2.24, 2.45) is 0 Å². The molecule has 2 heterocycles. The summed E-state index contributed by atoms with van der Waals surface area (Å²) in [7, 11) is 0. The number of hydrogen-bond donors (Lipinski definition) is 2. The van der Waals surface area contributed by atoms with Crippen molar-refractivity contribution in [1.82, 2.24) is 15.5 Å². The monoisotopic (exact) mass is 354 g/mol. The Bertz CT molecular complexity index is 936. The van der Waals surface area contributed by atoms with Crippen molar-refractivity contribution < 1.29 is 13.6 Å². The summed E-state index contributed by atoms with van der Waals surface area (Å²) in [6.45, 7) is 0.625. The van der Waals surface area contributed by atoms with Gasteiger partial charge in [-0.05, 0) is 47.4 Å². The number of carbonyl (C=O) groups excluding carboxylic acids is 1. The molecule has 1 aliphatic rings. The molecule has 0 spiro atoms. The first kappa shape index (κ1) is 16.3. The first-order valence-corrected chi connectivity index (χ1v) is 8.22. The van der Waals surface area contributed by atoms with E-state index in [2.05, 4.69) is 21.6 Å². The van der Waals surface area contributed by atoms with Crippen LogP contribution >= 0.6 is 0 Å². The van der Waals surface area contributed by atoms with Gasteiger partial charge in [-0.25, -0.2) is 13.6 Å². The van der Waals surface area contributed by atoms with Gasteiger partial charge in [0, 0.05) is 36.6 Å². The molecule has 2 amide bonds. The summed E-state index contributed by atoms with van der Waals surface area (Å²) >= 11 is 0. The molecule has 0 aliphatic carbocycles. The second kappa shape index (κ2) is 6.59. The summed E-state index contributed by atoms with van der Waals surface area (Å²) in [4.78, 5) is 14.1. The lowest BCUT2D eigenvalue weighted by atomic mass is 10.0. The van der Waals surface area contributed by atoms with Crippen LogP contribution in [0.5, 0.6) is 0 Å². The predicted molar refractivity (Wildman–Crippen MR) is 93.7 cm³/mol. The second-order valence-corrected chi connectivity index (χ2v) is 6.17. The lowest BCUT2D eigenvalue weighted by molar-refractivity contribution is 0.246. The van der Waals surface area contributed by atoms with Crippen molar-refractivity contribution in [3.63, 3.8) is 0 Å². The van der Waals surface area contributed by atoms with E-state index in [9.17, 15) is 13.6 Å². The number of nitrogens with zero attached hydrogens (tertiary/aromatic N) is 2. The van der Waals surface area contributed by atoms with Crippen LogP contribution in [0.2, 0.25) is 0 Å². The smallest absolute Gasteiger partial charge is 0.322 e. The molecule has 5 nitrogen and oxygen atoms in total. The Labute approximate surface area is 148 Å². The van der Waals surface area contributed by atoms with E-state index in [1.807, 2.05) is 18.3 Å². The highest BCUT2D eigenvalue weighted by Crippen LogP contribution is 2.32. The predicted octanol–water partition coefficient (Wildman–Crippen LogP) is 3.63. The van der Waals surface area contributed by atoms with Crippen LogP contribution in [-0.2, 0) is 13.0 Å². The van der Waals surface area contributed by atoms with Crippen LogP contribution in [-0.4, -0.2) is 22.8 Å². The summed E-state index contributed by atoms with van der Waals surface area (Å²) < 4.78 is 26.5. The van der Waals surface area contributed by atoms with Gasteiger partial charge in [-0.3, -0.25) is 10.00 Å². The minimum atomic E-state index is -0.660. The zero-order chi connectivity index (χ0) is 18.1. The SMILES string of the molecule is O=C(NCc1cc(F)cc(F)c1)N1CCc2cc(-c3cn[nH]c3)ccc21. The molecule has 1 aromatic heterocycles. The highest BCUT2D eigenvalue weighted by atomic mass is 19.1. The van der Waals surface area contributed by atoms with E-state index >= 15 is 0 Å². The van der Waals surface area contributed by atoms with Gasteiger partial charge in [0.15, 0.2) is 0 Å². The average molecular weight is 354 g/mol. The Hall–Kier alpha value is -3.22. The zero-order valence-electron chi connectivity index (χ0n) is 13.8. The Balaban J connectivity index is 1.47. The molecule has 2 N–H and O–H groups in total. The third-order valence-corrected chi connectivity index (χ3v) is 4.42. The largest absolute Gasteiger partial charge is 0.334 e. The van der Waals surface area contributed by atoms with Gasteiger partial charge in [0.2, 0.25) is 0 Å². The molecule has 1 aliphatic heterocycles. The lowest BCUT2D eigenvalue weighted by Crippen LogP contribution is -2.38. The third kappa shape index (κ3) is 3.15. The summed E-state index contributed by atoms with van der Waals surface area (Å²) in [5, 5.41) is 9.45. The number of aromatic nitrogens is 2. The molecular weight excluding hydrogens is 338 g/mol. The van der Waals surface area contributed by atoms with Gasteiger partial charge >= 0.3 is 6.03 Å². The number of amides is 2. The Morgan fingerprint density at radius 1 is 1.15 bits per heavy atom.